The van der Waals surface area contributed by atoms with Gasteiger partial charge in [-0.3, -0.25) is 0 Å². The summed E-state index contributed by atoms with van der Waals surface area (Å²) in [5.41, 5.74) is 15.2. The molecule has 0 saturated carbocycles. The van der Waals surface area contributed by atoms with Crippen LogP contribution in [-0.4, -0.2) is 0 Å². The van der Waals surface area contributed by atoms with Crippen LogP contribution in [0.3, 0.4) is 0 Å². The van der Waals surface area contributed by atoms with E-state index in [1.807, 2.05) is 23.1 Å². The fourth-order valence-corrected chi connectivity index (χ4v) is 11.9. The fraction of sp³-hybridized carbons (Fsp3) is 0.258. The maximum absolute atomic E-state index is 2.48. The van der Waals surface area contributed by atoms with Gasteiger partial charge in [0.2, 0.25) is 0 Å². The predicted octanol–water partition coefficient (Wildman–Crippen LogP) is 19.5. The van der Waals surface area contributed by atoms with Crippen molar-refractivity contribution >= 4 is 88.2 Å². The number of anilines is 6. The normalized spacial score (nSPS) is 13.1. The van der Waals surface area contributed by atoms with Crippen molar-refractivity contribution in [2.24, 2.45) is 0 Å². The van der Waals surface area contributed by atoms with Gasteiger partial charge >= 0.3 is 0 Å². The van der Waals surface area contributed by atoms with Gasteiger partial charge in [-0.25, -0.2) is 0 Å². The Hall–Kier alpha value is -5.81. The van der Waals surface area contributed by atoms with E-state index in [9.17, 15) is 0 Å². The molecule has 0 unspecified atom stereocenters. The summed E-state index contributed by atoms with van der Waals surface area (Å²) in [6.45, 7) is 27.4. The molecule has 2 heterocycles. The Bertz CT molecular complexity index is 3160. The second-order valence-corrected chi connectivity index (χ2v) is 24.6. The first-order valence-corrected chi connectivity index (χ1v) is 25.1. The molecule has 2 nitrogen and oxygen atoms in total. The minimum Gasteiger partial charge on any atom is -0.310 e. The van der Waals surface area contributed by atoms with Crippen molar-refractivity contribution in [1.29, 1.82) is 0 Å². The topological polar surface area (TPSA) is 6.48 Å². The van der Waals surface area contributed by atoms with Crippen molar-refractivity contribution in [3.8, 4) is 11.1 Å². The van der Waals surface area contributed by atoms with E-state index in [0.717, 1.165) is 34.1 Å². The third-order valence-corrected chi connectivity index (χ3v) is 15.7. The first-order chi connectivity index (χ1) is 31.2. The molecule has 4 heteroatoms. The maximum atomic E-state index is 2.48. The van der Waals surface area contributed by atoms with E-state index in [2.05, 4.69) is 251 Å². The quantitative estimate of drug-likeness (QED) is 0.164. The molecule has 1 aliphatic rings. The molecule has 1 aliphatic heterocycles. The Balaban J connectivity index is 1.08. The molecule has 0 saturated heterocycles. The summed E-state index contributed by atoms with van der Waals surface area (Å²) >= 11 is 3.81. The number of nitrogens with zero attached hydrogens (tertiary/aromatic N) is 2. The SMILES string of the molecule is CC(C)(C)c1ccc(N(c2ccc(C(C)(C)C)cc2)c2ccc3c(c2)Sc2cccc4c2c-3cc2sc3cc(N(c5ccc(C(C)(C)C)cc5)c5ccc(C(C)(C)C)cc5)ccc3c24)cc1. The third-order valence-electron chi connectivity index (χ3n) is 13.5. The molecule has 9 aromatic rings. The van der Waals surface area contributed by atoms with Gasteiger partial charge in [0, 0.05) is 69.5 Å². The molecule has 0 radical (unpaired) electrons. The Labute approximate surface area is 401 Å². The highest BCUT2D eigenvalue weighted by Gasteiger charge is 2.26. The van der Waals surface area contributed by atoms with Crippen LogP contribution in [0.25, 0.3) is 42.1 Å². The van der Waals surface area contributed by atoms with Gasteiger partial charge < -0.3 is 9.80 Å². The molecule has 0 bridgehead atoms. The Morgan fingerprint density at radius 2 is 0.727 bits per heavy atom. The zero-order valence-electron chi connectivity index (χ0n) is 40.7. The molecule has 0 atom stereocenters. The molecule has 332 valence electrons. The zero-order valence-corrected chi connectivity index (χ0v) is 42.4. The largest absolute Gasteiger partial charge is 0.310 e. The van der Waals surface area contributed by atoms with Crippen LogP contribution in [-0.2, 0) is 21.7 Å². The highest BCUT2D eigenvalue weighted by atomic mass is 32.2. The molecular formula is C62H62N2S2. The van der Waals surface area contributed by atoms with Crippen molar-refractivity contribution < 1.29 is 0 Å². The molecule has 0 aliphatic carbocycles. The van der Waals surface area contributed by atoms with Crippen LogP contribution in [0.15, 0.2) is 168 Å². The minimum atomic E-state index is 0.0783. The molecule has 0 amide bonds. The Kier molecular flexibility index (Phi) is 10.6. The molecule has 0 N–H and O–H groups in total. The van der Waals surface area contributed by atoms with Crippen LogP contribution in [0.4, 0.5) is 34.1 Å². The number of benzene rings is 8. The third kappa shape index (κ3) is 8.01. The van der Waals surface area contributed by atoms with Crippen molar-refractivity contribution in [1.82, 2.24) is 0 Å². The van der Waals surface area contributed by atoms with E-state index in [1.54, 1.807) is 0 Å². The van der Waals surface area contributed by atoms with Crippen molar-refractivity contribution in [2.75, 3.05) is 9.80 Å². The second kappa shape index (κ2) is 15.9. The van der Waals surface area contributed by atoms with Gasteiger partial charge in [0.05, 0.1) is 0 Å². The van der Waals surface area contributed by atoms with Crippen molar-refractivity contribution in [3.05, 3.63) is 180 Å². The summed E-state index contributed by atoms with van der Waals surface area (Å²) < 4.78 is 2.61. The van der Waals surface area contributed by atoms with Gasteiger partial charge in [-0.2, -0.15) is 0 Å². The fourth-order valence-electron chi connectivity index (χ4n) is 9.55. The van der Waals surface area contributed by atoms with Gasteiger partial charge in [0.1, 0.15) is 0 Å². The van der Waals surface area contributed by atoms with E-state index in [-0.39, 0.29) is 21.7 Å². The Morgan fingerprint density at radius 1 is 0.318 bits per heavy atom. The summed E-state index contributed by atoms with van der Waals surface area (Å²) in [5.74, 6) is 0. The van der Waals surface area contributed by atoms with Crippen LogP contribution < -0.4 is 9.80 Å². The lowest BCUT2D eigenvalue weighted by Gasteiger charge is -2.29. The van der Waals surface area contributed by atoms with Gasteiger partial charge in [-0.05, 0) is 145 Å². The number of rotatable bonds is 6. The lowest BCUT2D eigenvalue weighted by atomic mass is 9.86. The van der Waals surface area contributed by atoms with Gasteiger partial charge in [-0.15, -0.1) is 11.3 Å². The average Bonchev–Trinajstić information content (AvgIpc) is 3.64. The molecular weight excluding hydrogens is 837 g/mol. The Morgan fingerprint density at radius 3 is 1.17 bits per heavy atom. The summed E-state index contributed by atoms with van der Waals surface area (Å²) in [6, 6.07) is 60.2. The first kappa shape index (κ1) is 44.0. The second-order valence-electron chi connectivity index (χ2n) is 22.4. The van der Waals surface area contributed by atoms with E-state index in [4.69, 9.17) is 0 Å². The summed E-state index contributed by atoms with van der Waals surface area (Å²) in [4.78, 5) is 7.43. The van der Waals surface area contributed by atoms with E-state index < -0.39 is 0 Å². The standard InChI is InChI=1S/C62H62N2S2/c1-59(2,3)39-16-24-43(25-17-39)63(44-26-18-40(19-27-44)60(4,5)6)47-32-34-49-52-38-56-57(51-14-13-15-53(58(51)52)65-54(49)36-47)50-35-33-48(37-55(50)66-56)64(45-28-20-41(21-29-45)61(7,8)9)46-30-22-42(23-31-46)62(10,11)12/h13-38H,1-12H3. The highest BCUT2D eigenvalue weighted by molar-refractivity contribution is 7.99. The van der Waals surface area contributed by atoms with Crippen molar-refractivity contribution in [3.63, 3.8) is 0 Å². The van der Waals surface area contributed by atoms with E-state index in [1.165, 1.54) is 74.1 Å². The predicted molar refractivity (Wildman–Crippen MR) is 291 cm³/mol. The monoisotopic (exact) mass is 898 g/mol. The lowest BCUT2D eigenvalue weighted by Crippen LogP contribution is -2.14. The van der Waals surface area contributed by atoms with Crippen LogP contribution in [0.1, 0.15) is 105 Å². The zero-order chi connectivity index (χ0) is 46.5. The molecule has 10 rings (SSSR count). The van der Waals surface area contributed by atoms with Crippen molar-refractivity contribution in [2.45, 2.75) is 115 Å². The molecule has 8 aromatic carbocycles. The summed E-state index contributed by atoms with van der Waals surface area (Å²) in [6.07, 6.45) is 0. The molecule has 0 fully saturated rings. The maximum Gasteiger partial charge on any atom is 0.0476 e. The highest BCUT2D eigenvalue weighted by Crippen LogP contribution is 2.54. The van der Waals surface area contributed by atoms with Gasteiger partial charge in [-0.1, -0.05) is 168 Å². The van der Waals surface area contributed by atoms with E-state index in [0.29, 0.717) is 0 Å². The average molecular weight is 899 g/mol. The van der Waals surface area contributed by atoms with Crippen LogP contribution in [0, 0.1) is 0 Å². The van der Waals surface area contributed by atoms with E-state index >= 15 is 0 Å². The smallest absolute Gasteiger partial charge is 0.0476 e. The number of hydrogen-bond donors (Lipinski definition) is 0. The molecule has 1 aromatic heterocycles. The van der Waals surface area contributed by atoms with Crippen LogP contribution in [0.2, 0.25) is 0 Å². The number of thiophene rings is 1. The minimum absolute atomic E-state index is 0.0783. The molecule has 0 spiro atoms. The van der Waals surface area contributed by atoms with Gasteiger partial charge in [0.15, 0.2) is 0 Å². The van der Waals surface area contributed by atoms with Crippen LogP contribution in [0.5, 0.6) is 0 Å². The van der Waals surface area contributed by atoms with Gasteiger partial charge in [0.25, 0.3) is 0 Å². The summed E-state index contributed by atoms with van der Waals surface area (Å²) in [7, 11) is 0. The number of fused-ring (bicyclic) bond motifs is 6. The number of hydrogen-bond acceptors (Lipinski definition) is 4. The summed E-state index contributed by atoms with van der Waals surface area (Å²) in [5, 5.41) is 5.34. The van der Waals surface area contributed by atoms with Crippen LogP contribution >= 0.6 is 23.1 Å². The lowest BCUT2D eigenvalue weighted by molar-refractivity contribution is 0.590. The molecule has 66 heavy (non-hydrogen) atoms. The first-order valence-electron chi connectivity index (χ1n) is 23.5.